The van der Waals surface area contributed by atoms with E-state index in [1.807, 2.05) is 36.4 Å². The molecule has 1 heterocycles. The van der Waals surface area contributed by atoms with E-state index in [9.17, 15) is 4.79 Å². The fourth-order valence-electron chi connectivity index (χ4n) is 2.71. The maximum absolute atomic E-state index is 12.3. The van der Waals surface area contributed by atoms with E-state index < -0.39 is 0 Å². The fraction of sp³-hybridized carbons (Fsp3) is 0.278. The van der Waals surface area contributed by atoms with Gasteiger partial charge in [-0.3, -0.25) is 4.79 Å². The monoisotopic (exact) mass is 331 g/mol. The molecule has 0 saturated heterocycles. The number of carbonyl (C=O) groups is 1. The number of amides is 1. The van der Waals surface area contributed by atoms with E-state index in [2.05, 4.69) is 34.6 Å². The first-order valence-corrected chi connectivity index (χ1v) is 7.73. The quantitative estimate of drug-likeness (QED) is 0.900. The Labute approximate surface area is 143 Å². The van der Waals surface area contributed by atoms with Gasteiger partial charge >= 0.3 is 0 Å². The van der Waals surface area contributed by atoms with E-state index >= 15 is 0 Å². The van der Waals surface area contributed by atoms with Gasteiger partial charge in [0.15, 0.2) is 0 Å². The summed E-state index contributed by atoms with van der Waals surface area (Å²) in [5.41, 5.74) is 4.30. The van der Waals surface area contributed by atoms with Crippen molar-refractivity contribution in [2.75, 3.05) is 35.2 Å². The summed E-state index contributed by atoms with van der Waals surface area (Å²) in [5.74, 6) is 0.0148. The number of nitrogens with zero attached hydrogens (tertiary/aromatic N) is 1. The molecule has 122 valence electrons. The van der Waals surface area contributed by atoms with Crippen molar-refractivity contribution in [3.63, 3.8) is 0 Å². The van der Waals surface area contributed by atoms with E-state index in [0.29, 0.717) is 6.54 Å². The molecular weight excluding hydrogens is 310 g/mol. The highest BCUT2D eigenvalue weighted by Crippen LogP contribution is 2.28. The predicted octanol–water partition coefficient (Wildman–Crippen LogP) is 3.54. The second-order valence-electron chi connectivity index (χ2n) is 5.46. The van der Waals surface area contributed by atoms with Crippen LogP contribution in [-0.2, 0) is 11.2 Å². The van der Waals surface area contributed by atoms with E-state index in [0.717, 1.165) is 36.6 Å². The normalized spacial score (nSPS) is 12.7. The van der Waals surface area contributed by atoms with Crippen LogP contribution < -0.4 is 15.5 Å². The summed E-state index contributed by atoms with van der Waals surface area (Å²) >= 11 is 0. The number of aryl methyl sites for hydroxylation is 1. The summed E-state index contributed by atoms with van der Waals surface area (Å²) in [5, 5.41) is 6.33. The first-order valence-electron chi connectivity index (χ1n) is 7.73. The molecule has 2 N–H and O–H groups in total. The second-order valence-corrected chi connectivity index (χ2v) is 5.46. The largest absolute Gasteiger partial charge is 0.382 e. The molecule has 0 aliphatic carbocycles. The van der Waals surface area contributed by atoms with Gasteiger partial charge in [-0.2, -0.15) is 0 Å². The van der Waals surface area contributed by atoms with E-state index in [-0.39, 0.29) is 18.3 Å². The van der Waals surface area contributed by atoms with Crippen molar-refractivity contribution >= 4 is 35.4 Å². The Morgan fingerprint density at radius 2 is 1.91 bits per heavy atom. The highest BCUT2D eigenvalue weighted by atomic mass is 35.5. The summed E-state index contributed by atoms with van der Waals surface area (Å²) in [6, 6.07) is 16.1. The third-order valence-corrected chi connectivity index (χ3v) is 3.92. The van der Waals surface area contributed by atoms with Gasteiger partial charge in [0.1, 0.15) is 0 Å². The summed E-state index contributed by atoms with van der Waals surface area (Å²) in [6.07, 6.45) is 1.01. The van der Waals surface area contributed by atoms with E-state index in [4.69, 9.17) is 0 Å². The molecule has 1 aliphatic heterocycles. The van der Waals surface area contributed by atoms with Crippen LogP contribution in [0.5, 0.6) is 0 Å². The molecule has 3 rings (SSSR count). The lowest BCUT2D eigenvalue weighted by Gasteiger charge is -2.31. The summed E-state index contributed by atoms with van der Waals surface area (Å²) in [6.45, 7) is 4.18. The van der Waals surface area contributed by atoms with Crippen LogP contribution in [0, 0.1) is 0 Å². The molecule has 0 radical (unpaired) electrons. The zero-order valence-corrected chi connectivity index (χ0v) is 14.0. The van der Waals surface area contributed by atoms with Crippen molar-refractivity contribution in [3.8, 4) is 0 Å². The summed E-state index contributed by atoms with van der Waals surface area (Å²) in [4.78, 5) is 14.4. The maximum atomic E-state index is 12.3. The number of hydrogen-bond acceptors (Lipinski definition) is 3. The van der Waals surface area contributed by atoms with Gasteiger partial charge < -0.3 is 15.5 Å². The van der Waals surface area contributed by atoms with Crippen LogP contribution in [0.15, 0.2) is 48.5 Å². The van der Waals surface area contributed by atoms with Gasteiger partial charge in [0, 0.05) is 18.8 Å². The lowest BCUT2D eigenvalue weighted by molar-refractivity contribution is -0.115. The minimum absolute atomic E-state index is 0. The molecule has 2 aromatic rings. The van der Waals surface area contributed by atoms with Crippen LogP contribution in [0.3, 0.4) is 0 Å². The Kier molecular flexibility index (Phi) is 5.88. The minimum Gasteiger partial charge on any atom is -0.382 e. The molecule has 2 aromatic carbocycles. The smallest absolute Gasteiger partial charge is 0.243 e. The van der Waals surface area contributed by atoms with Gasteiger partial charge in [-0.15, -0.1) is 12.4 Å². The Bertz CT molecular complexity index is 658. The summed E-state index contributed by atoms with van der Waals surface area (Å²) < 4.78 is 0. The zero-order chi connectivity index (χ0) is 15.4. The Morgan fingerprint density at radius 3 is 2.65 bits per heavy atom. The van der Waals surface area contributed by atoms with Crippen LogP contribution in [0.4, 0.5) is 17.1 Å². The molecule has 0 spiro atoms. The molecule has 5 heteroatoms. The molecule has 0 bridgehead atoms. The van der Waals surface area contributed by atoms with Crippen molar-refractivity contribution in [1.82, 2.24) is 0 Å². The van der Waals surface area contributed by atoms with Crippen molar-refractivity contribution in [3.05, 3.63) is 54.1 Å². The maximum Gasteiger partial charge on any atom is 0.243 e. The Hall–Kier alpha value is -2.20. The predicted molar refractivity (Wildman–Crippen MR) is 98.8 cm³/mol. The number of carbonyl (C=O) groups excluding carboxylic acids is 1. The van der Waals surface area contributed by atoms with Gasteiger partial charge in [0.05, 0.1) is 17.9 Å². The Balaban J connectivity index is 0.00000192. The topological polar surface area (TPSA) is 44.4 Å². The molecule has 1 amide bonds. The first-order chi connectivity index (χ1) is 10.8. The molecule has 0 aromatic heterocycles. The number of nitrogens with one attached hydrogen (secondary N) is 2. The van der Waals surface area contributed by atoms with Crippen LogP contribution in [-0.4, -0.2) is 25.5 Å². The molecule has 1 aliphatic rings. The number of rotatable bonds is 4. The van der Waals surface area contributed by atoms with Crippen molar-refractivity contribution in [1.29, 1.82) is 0 Å². The number of para-hydroxylation sites is 2. The molecule has 0 atom stereocenters. The highest BCUT2D eigenvalue weighted by molar-refractivity contribution is 5.94. The third-order valence-electron chi connectivity index (χ3n) is 3.92. The average molecular weight is 332 g/mol. The van der Waals surface area contributed by atoms with Crippen LogP contribution in [0.2, 0.25) is 0 Å². The molecule has 23 heavy (non-hydrogen) atoms. The van der Waals surface area contributed by atoms with Crippen molar-refractivity contribution < 1.29 is 4.79 Å². The van der Waals surface area contributed by atoms with Crippen molar-refractivity contribution in [2.45, 2.75) is 13.3 Å². The van der Waals surface area contributed by atoms with Crippen LogP contribution in [0.1, 0.15) is 12.5 Å². The minimum atomic E-state index is 0. The number of halogens is 1. The number of fused-ring (bicyclic) bond motifs is 1. The summed E-state index contributed by atoms with van der Waals surface area (Å²) in [7, 11) is 0. The number of anilines is 3. The molecule has 0 saturated carbocycles. The molecular formula is C18H22ClN3O. The molecule has 0 fully saturated rings. The van der Waals surface area contributed by atoms with Crippen molar-refractivity contribution in [2.24, 2.45) is 0 Å². The van der Waals surface area contributed by atoms with Gasteiger partial charge in [0.25, 0.3) is 0 Å². The Morgan fingerprint density at radius 1 is 1.17 bits per heavy atom. The SMILES string of the molecule is CCc1ccc(NC(=O)CN2CCNc3ccccc32)cc1.Cl. The van der Waals surface area contributed by atoms with Gasteiger partial charge in [-0.05, 0) is 36.2 Å². The zero-order valence-electron chi connectivity index (χ0n) is 13.2. The standard InChI is InChI=1S/C18H21N3O.ClH/c1-2-14-7-9-15(10-8-14)20-18(22)13-21-12-11-19-16-5-3-4-6-17(16)21;/h3-10,19H,2,11-13H2,1H3,(H,20,22);1H. The average Bonchev–Trinajstić information content (AvgIpc) is 2.56. The second kappa shape index (κ2) is 7.88. The van der Waals surface area contributed by atoms with Crippen LogP contribution in [0.25, 0.3) is 0 Å². The van der Waals surface area contributed by atoms with Gasteiger partial charge in [-0.25, -0.2) is 0 Å². The first kappa shape index (κ1) is 17.2. The van der Waals surface area contributed by atoms with E-state index in [1.54, 1.807) is 0 Å². The van der Waals surface area contributed by atoms with Gasteiger partial charge in [-0.1, -0.05) is 31.2 Å². The molecule has 0 unspecified atom stereocenters. The lowest BCUT2D eigenvalue weighted by atomic mass is 10.1. The lowest BCUT2D eigenvalue weighted by Crippen LogP contribution is -2.39. The fourth-order valence-corrected chi connectivity index (χ4v) is 2.71. The molecule has 4 nitrogen and oxygen atoms in total. The highest BCUT2D eigenvalue weighted by Gasteiger charge is 2.18. The number of hydrogen-bond donors (Lipinski definition) is 2. The van der Waals surface area contributed by atoms with Gasteiger partial charge in [0.2, 0.25) is 5.91 Å². The van der Waals surface area contributed by atoms with Crippen LogP contribution >= 0.6 is 12.4 Å². The van der Waals surface area contributed by atoms with E-state index in [1.165, 1.54) is 5.56 Å². The number of benzene rings is 2. The third kappa shape index (κ3) is 4.17.